The fourth-order valence-corrected chi connectivity index (χ4v) is 3.34. The van der Waals surface area contributed by atoms with Crippen LogP contribution in [0.1, 0.15) is 23.8 Å². The van der Waals surface area contributed by atoms with Gasteiger partial charge in [0.25, 0.3) is 5.71 Å². The van der Waals surface area contributed by atoms with Crippen molar-refractivity contribution in [1.82, 2.24) is 0 Å². The molecule has 1 aromatic heterocycles. The Hall–Kier alpha value is -1.56. The van der Waals surface area contributed by atoms with Crippen LogP contribution in [0, 0.1) is 0 Å². The maximum atomic E-state index is 13.7. The molecule has 1 unspecified atom stereocenters. The largest absolute Gasteiger partial charge is 0.317 e. The highest BCUT2D eigenvalue weighted by molar-refractivity contribution is 7.15. The Kier molecular flexibility index (Phi) is 2.97. The van der Waals surface area contributed by atoms with Crippen molar-refractivity contribution in [2.75, 3.05) is 0 Å². The number of rotatable bonds is 1. The van der Waals surface area contributed by atoms with E-state index in [-0.39, 0.29) is 17.8 Å². The van der Waals surface area contributed by atoms with Gasteiger partial charge in [-0.3, -0.25) is 10.2 Å². The molecule has 2 heterocycles. The highest BCUT2D eigenvalue weighted by Gasteiger charge is 2.37. The lowest BCUT2D eigenvalue weighted by atomic mass is 10.0. The van der Waals surface area contributed by atoms with Crippen molar-refractivity contribution in [3.8, 4) is 0 Å². The molecule has 1 aromatic rings. The summed E-state index contributed by atoms with van der Waals surface area (Å²) in [5, 5.41) is 10.9. The molecule has 0 saturated carbocycles. The van der Waals surface area contributed by atoms with E-state index in [1.54, 1.807) is 0 Å². The summed E-state index contributed by atoms with van der Waals surface area (Å²) < 4.78 is 28.1. The van der Waals surface area contributed by atoms with E-state index in [0.717, 1.165) is 27.7 Å². The predicted molar refractivity (Wildman–Crippen MR) is 70.3 cm³/mol. The Labute approximate surface area is 113 Å². The Morgan fingerprint density at radius 2 is 2.37 bits per heavy atom. The second-order valence-corrected chi connectivity index (χ2v) is 5.67. The standard InChI is InChI=1S/C13H13F2N2OS/c1-2-9-3-7-6-16-12-10(15)4-8(14)5-11(12)17(18)13(7)19-9/h3-4,8,18H,2,5-6H2,1H3/q+1. The quantitative estimate of drug-likeness (QED) is 0.622. The molecule has 0 fully saturated rings. The minimum absolute atomic E-state index is 0.0540. The van der Waals surface area contributed by atoms with E-state index in [4.69, 9.17) is 0 Å². The summed E-state index contributed by atoms with van der Waals surface area (Å²) in [5.41, 5.74) is 1.12. The molecule has 3 rings (SSSR count). The molecule has 0 saturated heterocycles. The first-order valence-corrected chi connectivity index (χ1v) is 6.94. The third kappa shape index (κ3) is 2.00. The molecule has 2 aliphatic rings. The number of alkyl halides is 1. The SMILES string of the molecule is CCc1cc2c(s1)[N+](O)=C1CC(F)C=C(F)C1=NC2. The lowest BCUT2D eigenvalue weighted by molar-refractivity contribution is -0.710. The Balaban J connectivity index is 2.16. The van der Waals surface area contributed by atoms with Crippen molar-refractivity contribution in [2.45, 2.75) is 32.5 Å². The van der Waals surface area contributed by atoms with Crippen LogP contribution in [0.5, 0.6) is 0 Å². The van der Waals surface area contributed by atoms with Crippen molar-refractivity contribution >= 4 is 27.8 Å². The second-order valence-electron chi connectivity index (χ2n) is 4.55. The van der Waals surface area contributed by atoms with E-state index in [9.17, 15) is 14.0 Å². The zero-order valence-corrected chi connectivity index (χ0v) is 11.2. The fraction of sp³-hybridized carbons (Fsp3) is 0.385. The number of nitrogens with zero attached hydrogens (tertiary/aromatic N) is 2. The molecule has 6 heteroatoms. The number of thiophene rings is 1. The maximum Gasteiger partial charge on any atom is 0.317 e. The van der Waals surface area contributed by atoms with Crippen molar-refractivity contribution < 1.29 is 18.7 Å². The van der Waals surface area contributed by atoms with Gasteiger partial charge < -0.3 is 0 Å². The highest BCUT2D eigenvalue weighted by Crippen LogP contribution is 2.34. The fourth-order valence-electron chi connectivity index (χ4n) is 2.30. The predicted octanol–water partition coefficient (Wildman–Crippen LogP) is 3.33. The lowest BCUT2D eigenvalue weighted by Crippen LogP contribution is -2.30. The van der Waals surface area contributed by atoms with Gasteiger partial charge in [0.2, 0.25) is 0 Å². The summed E-state index contributed by atoms with van der Waals surface area (Å²) in [5.74, 6) is -0.696. The molecule has 0 spiro atoms. The molecular weight excluding hydrogens is 270 g/mol. The van der Waals surface area contributed by atoms with Crippen LogP contribution >= 0.6 is 11.3 Å². The Morgan fingerprint density at radius 1 is 1.58 bits per heavy atom. The summed E-state index contributed by atoms with van der Waals surface area (Å²) in [6.45, 7) is 2.33. The van der Waals surface area contributed by atoms with E-state index in [1.165, 1.54) is 11.3 Å². The van der Waals surface area contributed by atoms with Gasteiger partial charge in [-0.1, -0.05) is 18.3 Å². The molecule has 3 nitrogen and oxygen atoms in total. The molecule has 1 atom stereocenters. The third-order valence-corrected chi connectivity index (χ3v) is 4.55. The molecule has 0 amide bonds. The van der Waals surface area contributed by atoms with Crippen LogP contribution in [0.2, 0.25) is 0 Å². The Bertz CT molecular complexity index is 631. The van der Waals surface area contributed by atoms with E-state index in [2.05, 4.69) is 4.99 Å². The Morgan fingerprint density at radius 3 is 3.11 bits per heavy atom. The van der Waals surface area contributed by atoms with Gasteiger partial charge in [-0.15, -0.1) is 0 Å². The van der Waals surface area contributed by atoms with Crippen molar-refractivity contribution in [2.24, 2.45) is 4.99 Å². The van der Waals surface area contributed by atoms with Gasteiger partial charge >= 0.3 is 5.00 Å². The molecule has 1 aliphatic carbocycles. The third-order valence-electron chi connectivity index (χ3n) is 3.26. The molecule has 19 heavy (non-hydrogen) atoms. The summed E-state index contributed by atoms with van der Waals surface area (Å²) in [6, 6.07) is 1.96. The van der Waals surface area contributed by atoms with Crippen LogP contribution in [-0.4, -0.2) is 27.5 Å². The first-order valence-electron chi connectivity index (χ1n) is 6.13. The smallest absolute Gasteiger partial charge is 0.283 e. The van der Waals surface area contributed by atoms with E-state index in [0.29, 0.717) is 11.5 Å². The minimum atomic E-state index is -1.42. The average Bonchev–Trinajstić information content (AvgIpc) is 2.74. The van der Waals surface area contributed by atoms with Crippen LogP contribution < -0.4 is 0 Å². The van der Waals surface area contributed by atoms with Gasteiger partial charge in [-0.25, -0.2) is 8.78 Å². The zero-order chi connectivity index (χ0) is 13.6. The maximum absolute atomic E-state index is 13.7. The molecule has 0 radical (unpaired) electrons. The number of halogens is 2. The molecular formula is C13H13F2N2OS+. The lowest BCUT2D eigenvalue weighted by Gasteiger charge is -2.10. The van der Waals surface area contributed by atoms with Crippen LogP contribution in [-0.2, 0) is 13.0 Å². The molecule has 100 valence electrons. The second kappa shape index (κ2) is 4.52. The van der Waals surface area contributed by atoms with E-state index in [1.807, 2.05) is 13.0 Å². The van der Waals surface area contributed by atoms with E-state index >= 15 is 0 Å². The van der Waals surface area contributed by atoms with Gasteiger partial charge in [0.05, 0.1) is 18.5 Å². The summed E-state index contributed by atoms with van der Waals surface area (Å²) in [6.07, 6.45) is 0.294. The van der Waals surface area contributed by atoms with Gasteiger partial charge in [0, 0.05) is 9.62 Å². The normalized spacial score (nSPS) is 22.4. The van der Waals surface area contributed by atoms with Crippen LogP contribution in [0.15, 0.2) is 23.0 Å². The average molecular weight is 283 g/mol. The topological polar surface area (TPSA) is 35.6 Å². The van der Waals surface area contributed by atoms with Crippen LogP contribution in [0.25, 0.3) is 0 Å². The summed E-state index contributed by atoms with van der Waals surface area (Å²) in [7, 11) is 0. The van der Waals surface area contributed by atoms with Crippen LogP contribution in [0.4, 0.5) is 13.8 Å². The molecule has 0 bridgehead atoms. The van der Waals surface area contributed by atoms with Crippen molar-refractivity contribution in [3.05, 3.63) is 28.4 Å². The number of hydrogen-bond donors (Lipinski definition) is 1. The van der Waals surface area contributed by atoms with Gasteiger partial charge in [-0.2, -0.15) is 0 Å². The number of allylic oxidation sites excluding steroid dienone is 2. The zero-order valence-electron chi connectivity index (χ0n) is 10.4. The van der Waals surface area contributed by atoms with Crippen molar-refractivity contribution in [3.63, 3.8) is 0 Å². The number of hydrogen-bond acceptors (Lipinski definition) is 3. The molecule has 1 aliphatic heterocycles. The van der Waals surface area contributed by atoms with Crippen LogP contribution in [0.3, 0.4) is 0 Å². The highest BCUT2D eigenvalue weighted by atomic mass is 32.1. The van der Waals surface area contributed by atoms with Crippen molar-refractivity contribution in [1.29, 1.82) is 0 Å². The minimum Gasteiger partial charge on any atom is -0.283 e. The molecule has 0 aromatic carbocycles. The summed E-state index contributed by atoms with van der Waals surface area (Å²) >= 11 is 1.43. The van der Waals surface area contributed by atoms with Gasteiger partial charge in [0.1, 0.15) is 6.17 Å². The van der Waals surface area contributed by atoms with E-state index < -0.39 is 12.0 Å². The first-order chi connectivity index (χ1) is 9.10. The number of fused-ring (bicyclic) bond motifs is 2. The monoisotopic (exact) mass is 283 g/mol. The number of aryl methyl sites for hydroxylation is 1. The first kappa shape index (κ1) is 12.5. The summed E-state index contributed by atoms with van der Waals surface area (Å²) in [4.78, 5) is 5.29. The van der Waals surface area contributed by atoms with Gasteiger partial charge in [-0.05, 0) is 18.6 Å². The molecule has 1 N–H and O–H groups in total. The number of aliphatic imine (C=N–C) groups is 1. The van der Waals surface area contributed by atoms with Gasteiger partial charge in [0.15, 0.2) is 11.5 Å².